The van der Waals surface area contributed by atoms with Crippen LogP contribution in [0.2, 0.25) is 0 Å². The molecule has 1 aromatic heterocycles. The van der Waals surface area contributed by atoms with Crippen molar-refractivity contribution >= 4 is 33.4 Å². The highest BCUT2D eigenvalue weighted by Gasteiger charge is 2.27. The summed E-state index contributed by atoms with van der Waals surface area (Å²) in [6.07, 6.45) is 2.87. The maximum atomic E-state index is 9.06. The molecule has 1 fully saturated rings. The second-order valence-corrected chi connectivity index (χ2v) is 7.24. The van der Waals surface area contributed by atoms with E-state index >= 15 is 0 Å². The first kappa shape index (κ1) is 17.5. The van der Waals surface area contributed by atoms with Gasteiger partial charge in [-0.1, -0.05) is 0 Å². The van der Waals surface area contributed by atoms with Crippen molar-refractivity contribution in [2.75, 3.05) is 48.9 Å². The van der Waals surface area contributed by atoms with Crippen LogP contribution in [0.25, 0.3) is 0 Å². The van der Waals surface area contributed by atoms with Gasteiger partial charge in [-0.2, -0.15) is 10.2 Å². The van der Waals surface area contributed by atoms with Gasteiger partial charge in [0.05, 0.1) is 5.56 Å². The van der Waals surface area contributed by atoms with E-state index in [9.17, 15) is 0 Å². The highest BCUT2D eigenvalue weighted by atomic mass is 79.9. The summed E-state index contributed by atoms with van der Waals surface area (Å²) < 4.78 is 0.843. The van der Waals surface area contributed by atoms with E-state index in [4.69, 9.17) is 5.26 Å². The van der Waals surface area contributed by atoms with Crippen LogP contribution in [0.5, 0.6) is 0 Å². The Labute approximate surface area is 156 Å². The average molecular weight is 401 g/mol. The molecule has 1 saturated heterocycles. The Hall–Kier alpha value is -2.33. The first-order valence-corrected chi connectivity index (χ1v) is 8.96. The summed E-state index contributed by atoms with van der Waals surface area (Å²) in [4.78, 5) is 15.4. The minimum Gasteiger partial charge on any atom is -0.369 e. The Morgan fingerprint density at radius 1 is 1.28 bits per heavy atom. The van der Waals surface area contributed by atoms with Gasteiger partial charge in [-0.25, -0.2) is 4.98 Å². The van der Waals surface area contributed by atoms with E-state index in [2.05, 4.69) is 48.8 Å². The lowest BCUT2D eigenvalue weighted by Crippen LogP contribution is -2.35. The Morgan fingerprint density at radius 2 is 2.08 bits per heavy atom. The minimum atomic E-state index is 0.388. The third kappa shape index (κ3) is 3.69. The van der Waals surface area contributed by atoms with Crippen LogP contribution in [0.15, 0.2) is 34.9 Å². The van der Waals surface area contributed by atoms with E-state index < -0.39 is 0 Å². The van der Waals surface area contributed by atoms with Gasteiger partial charge in [0.15, 0.2) is 0 Å². The van der Waals surface area contributed by atoms with Gasteiger partial charge in [0.1, 0.15) is 11.9 Å². The molecule has 0 amide bonds. The van der Waals surface area contributed by atoms with E-state index in [1.807, 2.05) is 43.3 Å². The number of nitrogens with zero attached hydrogens (tertiary/aromatic N) is 6. The Kier molecular flexibility index (Phi) is 5.09. The van der Waals surface area contributed by atoms with E-state index in [0.717, 1.165) is 41.4 Å². The number of anilines is 3. The van der Waals surface area contributed by atoms with Crippen LogP contribution in [0.3, 0.4) is 0 Å². The van der Waals surface area contributed by atoms with Crippen molar-refractivity contribution in [2.24, 2.45) is 0 Å². The van der Waals surface area contributed by atoms with Crippen LogP contribution < -0.4 is 14.7 Å². The van der Waals surface area contributed by atoms with Gasteiger partial charge in [0.2, 0.25) is 5.95 Å². The molecule has 7 heteroatoms. The smallest absolute Gasteiger partial charge is 0.226 e. The highest BCUT2D eigenvalue weighted by molar-refractivity contribution is 9.10. The molecule has 0 radical (unpaired) electrons. The minimum absolute atomic E-state index is 0.388. The summed E-state index contributed by atoms with van der Waals surface area (Å²) in [7, 11) is 5.98. The molecule has 25 heavy (non-hydrogen) atoms. The van der Waals surface area contributed by atoms with Crippen molar-refractivity contribution in [1.82, 2.24) is 9.97 Å². The van der Waals surface area contributed by atoms with Crippen LogP contribution in [0.1, 0.15) is 12.0 Å². The molecule has 130 valence electrons. The van der Waals surface area contributed by atoms with Gasteiger partial charge in [-0.3, -0.25) is 0 Å². The topological polar surface area (TPSA) is 59.3 Å². The lowest BCUT2D eigenvalue weighted by atomic mass is 10.2. The predicted octanol–water partition coefficient (Wildman–Crippen LogP) is 2.89. The van der Waals surface area contributed by atoms with Gasteiger partial charge in [-0.15, -0.1) is 0 Å². The molecule has 0 aliphatic carbocycles. The molecule has 1 aliphatic heterocycles. The molecule has 0 N–H and O–H groups in total. The first-order valence-electron chi connectivity index (χ1n) is 8.17. The fourth-order valence-electron chi connectivity index (χ4n) is 3.02. The number of benzene rings is 1. The second-order valence-electron chi connectivity index (χ2n) is 6.38. The van der Waals surface area contributed by atoms with Gasteiger partial charge in [-0.05, 0) is 46.6 Å². The van der Waals surface area contributed by atoms with Crippen molar-refractivity contribution in [3.8, 4) is 6.07 Å². The Morgan fingerprint density at radius 3 is 2.76 bits per heavy atom. The largest absolute Gasteiger partial charge is 0.369 e. The van der Waals surface area contributed by atoms with Gasteiger partial charge < -0.3 is 14.7 Å². The lowest BCUT2D eigenvalue weighted by molar-refractivity contribution is 0.683. The van der Waals surface area contributed by atoms with Crippen LogP contribution in [-0.2, 0) is 0 Å². The molecule has 2 heterocycles. The van der Waals surface area contributed by atoms with Crippen LogP contribution in [-0.4, -0.2) is 50.2 Å². The monoisotopic (exact) mass is 400 g/mol. The molecule has 1 atom stereocenters. The van der Waals surface area contributed by atoms with Crippen LogP contribution in [0, 0.1) is 11.3 Å². The molecule has 0 saturated carbocycles. The van der Waals surface area contributed by atoms with E-state index in [0.29, 0.717) is 11.6 Å². The molecule has 1 aromatic carbocycles. The maximum Gasteiger partial charge on any atom is 0.226 e. The molecule has 1 unspecified atom stereocenters. The summed E-state index contributed by atoms with van der Waals surface area (Å²) in [5.74, 6) is 1.65. The summed E-state index contributed by atoms with van der Waals surface area (Å²) in [6.45, 7) is 1.91. The Balaban J connectivity index is 1.73. The van der Waals surface area contributed by atoms with Crippen LogP contribution >= 0.6 is 15.9 Å². The average Bonchev–Trinajstić information content (AvgIpc) is 3.11. The second kappa shape index (κ2) is 7.28. The standard InChI is InChI=1S/C18H21BrN6/c1-23(2)18-21-8-6-17(22-18)24(3)15-7-9-25(12-15)14-5-4-13(11-20)16(19)10-14/h4-6,8,10,15H,7,9,12H2,1-3H3. The summed E-state index contributed by atoms with van der Waals surface area (Å²) in [6, 6.07) is 10.4. The molecule has 0 spiro atoms. The van der Waals surface area contributed by atoms with E-state index in [1.165, 1.54) is 0 Å². The summed E-state index contributed by atoms with van der Waals surface area (Å²) in [5.41, 5.74) is 1.80. The molecule has 3 rings (SSSR count). The Bertz CT molecular complexity index is 800. The first-order chi connectivity index (χ1) is 12.0. The molecule has 6 nitrogen and oxygen atoms in total. The third-order valence-electron chi connectivity index (χ3n) is 4.54. The van der Waals surface area contributed by atoms with E-state index in [1.54, 1.807) is 6.20 Å². The molecule has 2 aromatic rings. The molecule has 0 bridgehead atoms. The lowest BCUT2D eigenvalue weighted by Gasteiger charge is -2.27. The highest BCUT2D eigenvalue weighted by Crippen LogP contribution is 2.28. The number of halogens is 1. The zero-order chi connectivity index (χ0) is 18.0. The molecular formula is C18H21BrN6. The van der Waals surface area contributed by atoms with Crippen molar-refractivity contribution < 1.29 is 0 Å². The van der Waals surface area contributed by atoms with Gasteiger partial charge in [0.25, 0.3) is 0 Å². The van der Waals surface area contributed by atoms with Crippen molar-refractivity contribution in [3.63, 3.8) is 0 Å². The number of nitriles is 1. The predicted molar refractivity (Wildman–Crippen MR) is 104 cm³/mol. The van der Waals surface area contributed by atoms with Crippen molar-refractivity contribution in [2.45, 2.75) is 12.5 Å². The zero-order valence-corrected chi connectivity index (χ0v) is 16.2. The summed E-state index contributed by atoms with van der Waals surface area (Å²) >= 11 is 3.48. The maximum absolute atomic E-state index is 9.06. The normalized spacial score (nSPS) is 16.6. The number of aromatic nitrogens is 2. The SMILES string of the molecule is CN(C)c1nccc(N(C)C2CCN(c3ccc(C#N)c(Br)c3)C2)n1. The quantitative estimate of drug-likeness (QED) is 0.786. The van der Waals surface area contributed by atoms with E-state index in [-0.39, 0.29) is 0 Å². The van der Waals surface area contributed by atoms with Crippen molar-refractivity contribution in [1.29, 1.82) is 5.26 Å². The van der Waals surface area contributed by atoms with Gasteiger partial charge >= 0.3 is 0 Å². The van der Waals surface area contributed by atoms with Gasteiger partial charge in [0, 0.05) is 56.6 Å². The van der Waals surface area contributed by atoms with Crippen molar-refractivity contribution in [3.05, 3.63) is 40.5 Å². The number of hydrogen-bond acceptors (Lipinski definition) is 6. The number of hydrogen-bond donors (Lipinski definition) is 0. The fourth-order valence-corrected chi connectivity index (χ4v) is 3.48. The number of likely N-dealkylation sites (N-methyl/N-ethyl adjacent to an activating group) is 1. The molecule has 1 aliphatic rings. The summed E-state index contributed by atoms with van der Waals surface area (Å²) in [5, 5.41) is 9.06. The van der Waals surface area contributed by atoms with Crippen LogP contribution in [0.4, 0.5) is 17.5 Å². The third-order valence-corrected chi connectivity index (χ3v) is 5.19. The number of rotatable bonds is 4. The zero-order valence-electron chi connectivity index (χ0n) is 14.6. The fraction of sp³-hybridized carbons (Fsp3) is 0.389. The molecular weight excluding hydrogens is 380 g/mol.